The third kappa shape index (κ3) is 3.28. The molecule has 100 valence electrons. The van der Waals surface area contributed by atoms with Crippen molar-refractivity contribution in [3.05, 3.63) is 38.9 Å². The van der Waals surface area contributed by atoms with Gasteiger partial charge >= 0.3 is 0 Å². The Bertz CT molecular complexity index is 574. The lowest BCUT2D eigenvalue weighted by molar-refractivity contribution is 0.0940. The summed E-state index contributed by atoms with van der Waals surface area (Å²) < 4.78 is 0.707. The maximum absolute atomic E-state index is 12.2. The van der Waals surface area contributed by atoms with E-state index in [2.05, 4.69) is 36.6 Å². The topological polar surface area (TPSA) is 92.9 Å². The number of halogens is 1. The summed E-state index contributed by atoms with van der Waals surface area (Å²) in [6.07, 6.45) is 3.27. The van der Waals surface area contributed by atoms with Crippen molar-refractivity contribution < 1.29 is 4.79 Å². The van der Waals surface area contributed by atoms with Crippen LogP contribution in [0.5, 0.6) is 0 Å². The molecule has 1 atom stereocenters. The molecule has 8 heteroatoms. The molecule has 4 N–H and O–H groups in total. The van der Waals surface area contributed by atoms with Crippen molar-refractivity contribution >= 4 is 39.0 Å². The number of aromatic nitrogens is 2. The Kier molecular flexibility index (Phi) is 4.46. The van der Waals surface area contributed by atoms with E-state index < -0.39 is 0 Å². The van der Waals surface area contributed by atoms with Crippen molar-refractivity contribution in [1.29, 1.82) is 0 Å². The molecule has 2 rings (SSSR count). The Morgan fingerprint density at radius 2 is 2.32 bits per heavy atom. The molecular weight excluding hydrogens is 330 g/mol. The number of nitrogens with one attached hydrogen (secondary N) is 2. The number of carbonyl (C=O) groups excluding carboxylic acids is 1. The predicted molar refractivity (Wildman–Crippen MR) is 77.7 cm³/mol. The zero-order chi connectivity index (χ0) is 13.8. The third-order valence-corrected chi connectivity index (χ3v) is 3.80. The number of rotatable bonds is 4. The van der Waals surface area contributed by atoms with Crippen LogP contribution in [0.25, 0.3) is 0 Å². The van der Waals surface area contributed by atoms with E-state index in [1.807, 2.05) is 12.3 Å². The zero-order valence-electron chi connectivity index (χ0n) is 10.1. The first-order valence-electron chi connectivity index (χ1n) is 5.44. The monoisotopic (exact) mass is 341 g/mol. The minimum atomic E-state index is -0.260. The molecule has 0 aliphatic carbocycles. The highest BCUT2D eigenvalue weighted by molar-refractivity contribution is 9.10. The summed E-state index contributed by atoms with van der Waals surface area (Å²) in [6, 6.07) is 1.49. The van der Waals surface area contributed by atoms with Gasteiger partial charge in [-0.05, 0) is 28.9 Å². The Balaban J connectivity index is 2.18. The van der Waals surface area contributed by atoms with Gasteiger partial charge in [-0.15, -0.1) is 11.3 Å². The van der Waals surface area contributed by atoms with E-state index >= 15 is 0 Å². The van der Waals surface area contributed by atoms with Crippen LogP contribution in [0.15, 0.2) is 28.3 Å². The first-order chi connectivity index (χ1) is 9.11. The smallest absolute Gasteiger partial charge is 0.255 e. The summed E-state index contributed by atoms with van der Waals surface area (Å²) >= 11 is 4.77. The average molecular weight is 342 g/mol. The first kappa shape index (κ1) is 13.9. The number of nitrogens with two attached hydrogens (primary N) is 1. The van der Waals surface area contributed by atoms with Gasteiger partial charge < -0.3 is 10.7 Å². The molecular formula is C11H12BrN5OS. The fourth-order valence-electron chi connectivity index (χ4n) is 1.51. The van der Waals surface area contributed by atoms with Crippen LogP contribution >= 0.6 is 27.3 Å². The summed E-state index contributed by atoms with van der Waals surface area (Å²) in [5.74, 6) is 5.41. The molecule has 2 aromatic rings. The van der Waals surface area contributed by atoms with Crippen molar-refractivity contribution in [3.8, 4) is 0 Å². The molecule has 0 spiro atoms. The molecule has 1 unspecified atom stereocenters. The zero-order valence-corrected chi connectivity index (χ0v) is 12.5. The number of hydrazine groups is 1. The largest absolute Gasteiger partial charge is 0.343 e. The van der Waals surface area contributed by atoms with E-state index in [1.165, 1.54) is 11.3 Å². The number of thiazole rings is 1. The first-order valence-corrected chi connectivity index (χ1v) is 7.11. The molecule has 19 heavy (non-hydrogen) atoms. The molecule has 0 aliphatic rings. The SMILES string of the molecule is CC(NC(=O)c1cc(Br)cnc1NN)c1nccs1. The van der Waals surface area contributed by atoms with Crippen LogP contribution in [0.2, 0.25) is 0 Å². The van der Waals surface area contributed by atoms with Crippen molar-refractivity contribution in [2.75, 3.05) is 5.43 Å². The van der Waals surface area contributed by atoms with Gasteiger partial charge in [0.15, 0.2) is 5.82 Å². The second kappa shape index (κ2) is 6.09. The van der Waals surface area contributed by atoms with Gasteiger partial charge in [0.2, 0.25) is 0 Å². The maximum Gasteiger partial charge on any atom is 0.255 e. The molecule has 1 amide bonds. The number of hydrogen-bond acceptors (Lipinski definition) is 6. The number of amides is 1. The Labute approximate surface area is 122 Å². The highest BCUT2D eigenvalue weighted by Gasteiger charge is 2.17. The summed E-state index contributed by atoms with van der Waals surface area (Å²) in [6.45, 7) is 1.87. The second-order valence-electron chi connectivity index (χ2n) is 3.76. The fourth-order valence-corrected chi connectivity index (χ4v) is 2.49. The second-order valence-corrected chi connectivity index (χ2v) is 5.60. The minimum absolute atomic E-state index is 0.169. The van der Waals surface area contributed by atoms with Crippen molar-refractivity contribution in [1.82, 2.24) is 15.3 Å². The molecule has 0 fully saturated rings. The Morgan fingerprint density at radius 1 is 1.53 bits per heavy atom. The van der Waals surface area contributed by atoms with Crippen LogP contribution in [0.1, 0.15) is 28.3 Å². The average Bonchev–Trinajstić information content (AvgIpc) is 2.92. The summed E-state index contributed by atoms with van der Waals surface area (Å²) in [5, 5.41) is 5.57. The Morgan fingerprint density at radius 3 is 2.95 bits per heavy atom. The van der Waals surface area contributed by atoms with Gasteiger partial charge in [-0.1, -0.05) is 0 Å². The standard InChI is InChI=1S/C11H12BrN5OS/c1-6(11-14-2-3-19-11)16-10(18)8-4-7(12)5-15-9(8)17-13/h2-6H,13H2,1H3,(H,15,17)(H,16,18). The molecule has 6 nitrogen and oxygen atoms in total. The number of nitrogen functional groups attached to an aromatic ring is 1. The molecule has 0 saturated heterocycles. The summed E-state index contributed by atoms with van der Waals surface area (Å²) in [7, 11) is 0. The number of nitrogens with zero attached hydrogens (tertiary/aromatic N) is 2. The molecule has 0 bridgehead atoms. The fraction of sp³-hybridized carbons (Fsp3) is 0.182. The van der Waals surface area contributed by atoms with E-state index in [0.717, 1.165) is 5.01 Å². The molecule has 2 aromatic heterocycles. The van der Waals surface area contributed by atoms with Gasteiger partial charge in [-0.2, -0.15) is 0 Å². The van der Waals surface area contributed by atoms with Gasteiger partial charge in [-0.25, -0.2) is 15.8 Å². The van der Waals surface area contributed by atoms with Gasteiger partial charge in [0.05, 0.1) is 11.6 Å². The van der Waals surface area contributed by atoms with E-state index in [4.69, 9.17) is 5.84 Å². The molecule has 0 aliphatic heterocycles. The van der Waals surface area contributed by atoms with E-state index in [1.54, 1.807) is 18.5 Å². The number of pyridine rings is 1. The van der Waals surface area contributed by atoms with Gasteiger partial charge in [0.1, 0.15) is 5.01 Å². The molecule has 0 radical (unpaired) electrons. The van der Waals surface area contributed by atoms with Crippen LogP contribution in [0, 0.1) is 0 Å². The summed E-state index contributed by atoms with van der Waals surface area (Å²) in [4.78, 5) is 20.4. The van der Waals surface area contributed by atoms with E-state index in [0.29, 0.717) is 15.9 Å². The van der Waals surface area contributed by atoms with Crippen LogP contribution < -0.4 is 16.6 Å². The van der Waals surface area contributed by atoms with Gasteiger partial charge in [-0.3, -0.25) is 4.79 Å². The van der Waals surface area contributed by atoms with Crippen molar-refractivity contribution in [2.45, 2.75) is 13.0 Å². The molecule has 0 aromatic carbocycles. The molecule has 0 saturated carbocycles. The van der Waals surface area contributed by atoms with Crippen LogP contribution in [0.3, 0.4) is 0 Å². The quantitative estimate of drug-likeness (QED) is 0.584. The number of carbonyl (C=O) groups is 1. The lowest BCUT2D eigenvalue weighted by Crippen LogP contribution is -2.28. The van der Waals surface area contributed by atoms with E-state index in [-0.39, 0.29) is 11.9 Å². The normalized spacial score (nSPS) is 11.9. The highest BCUT2D eigenvalue weighted by Crippen LogP contribution is 2.20. The predicted octanol–water partition coefficient (Wildman–Crippen LogP) is 2.08. The van der Waals surface area contributed by atoms with Gasteiger partial charge in [0.25, 0.3) is 5.91 Å². The lowest BCUT2D eigenvalue weighted by Gasteiger charge is -2.13. The lowest BCUT2D eigenvalue weighted by atomic mass is 10.2. The van der Waals surface area contributed by atoms with Crippen molar-refractivity contribution in [2.24, 2.45) is 5.84 Å². The maximum atomic E-state index is 12.2. The van der Waals surface area contributed by atoms with Crippen molar-refractivity contribution in [3.63, 3.8) is 0 Å². The number of anilines is 1. The highest BCUT2D eigenvalue weighted by atomic mass is 79.9. The number of hydrogen-bond donors (Lipinski definition) is 3. The third-order valence-electron chi connectivity index (χ3n) is 2.41. The summed E-state index contributed by atoms with van der Waals surface area (Å²) in [5.41, 5.74) is 2.78. The minimum Gasteiger partial charge on any atom is -0.343 e. The molecule has 2 heterocycles. The Hall–Kier alpha value is -1.51. The van der Waals surface area contributed by atoms with E-state index in [9.17, 15) is 4.79 Å². The van der Waals surface area contributed by atoms with Gasteiger partial charge in [0, 0.05) is 22.2 Å². The van der Waals surface area contributed by atoms with Crippen LogP contribution in [-0.2, 0) is 0 Å². The van der Waals surface area contributed by atoms with Crippen LogP contribution in [-0.4, -0.2) is 15.9 Å². The van der Waals surface area contributed by atoms with Crippen LogP contribution in [0.4, 0.5) is 5.82 Å².